The van der Waals surface area contributed by atoms with E-state index in [0.29, 0.717) is 18.1 Å². The Labute approximate surface area is 153 Å². The van der Waals surface area contributed by atoms with Crippen LogP contribution in [-0.2, 0) is 16.0 Å². The van der Waals surface area contributed by atoms with Crippen LogP contribution in [0.25, 0.3) is 0 Å². The number of rotatable bonds is 4. The third-order valence-electron chi connectivity index (χ3n) is 4.12. The van der Waals surface area contributed by atoms with Gasteiger partial charge in [-0.1, -0.05) is 19.1 Å². The molecule has 2 amide bonds. The zero-order valence-corrected chi connectivity index (χ0v) is 15.9. The van der Waals surface area contributed by atoms with E-state index < -0.39 is 5.92 Å². The molecule has 1 N–H and O–H groups in total. The molecular weight excluding hydrogens is 390 g/mol. The number of nitrogens with zero attached hydrogens (tertiary/aromatic N) is 2. The van der Waals surface area contributed by atoms with Gasteiger partial charge in [-0.2, -0.15) is 0 Å². The lowest BCUT2D eigenvalue weighted by Gasteiger charge is -2.18. The highest BCUT2D eigenvalue weighted by Crippen LogP contribution is 2.32. The van der Waals surface area contributed by atoms with Gasteiger partial charge in [0.25, 0.3) is 0 Å². The van der Waals surface area contributed by atoms with E-state index in [2.05, 4.69) is 26.2 Å². The summed E-state index contributed by atoms with van der Waals surface area (Å²) in [6.07, 6.45) is 1.34. The quantitative estimate of drug-likeness (QED) is 0.784. The highest BCUT2D eigenvalue weighted by molar-refractivity contribution is 9.10. The summed E-state index contributed by atoms with van der Waals surface area (Å²) in [7, 11) is 0. The standard InChI is InChI=1S/C17H18BrN3O2S/c1-3-13-10(2)24-17(19-13)20-15(22)11-8-9-21(16(11)23)14-7-5-4-6-12(14)18/h4-7,11H,3,8-9H2,1-2H3,(H,19,20,22). The molecule has 1 aliphatic heterocycles. The van der Waals surface area contributed by atoms with Crippen LogP contribution in [-0.4, -0.2) is 23.3 Å². The van der Waals surface area contributed by atoms with E-state index >= 15 is 0 Å². The summed E-state index contributed by atoms with van der Waals surface area (Å²) in [4.78, 5) is 32.3. The van der Waals surface area contributed by atoms with Crippen molar-refractivity contribution < 1.29 is 9.59 Å². The van der Waals surface area contributed by atoms with Crippen molar-refractivity contribution in [1.29, 1.82) is 0 Å². The average Bonchev–Trinajstić information content (AvgIpc) is 3.10. The number of nitrogens with one attached hydrogen (secondary N) is 1. The minimum atomic E-state index is -0.661. The fraction of sp³-hybridized carbons (Fsp3) is 0.353. The van der Waals surface area contributed by atoms with Gasteiger partial charge in [0.2, 0.25) is 11.8 Å². The number of benzene rings is 1. The summed E-state index contributed by atoms with van der Waals surface area (Å²) in [6, 6.07) is 7.54. The van der Waals surface area contributed by atoms with Crippen LogP contribution in [0.15, 0.2) is 28.7 Å². The minimum Gasteiger partial charge on any atom is -0.311 e. The van der Waals surface area contributed by atoms with Crippen molar-refractivity contribution in [3.05, 3.63) is 39.3 Å². The van der Waals surface area contributed by atoms with Crippen LogP contribution in [0, 0.1) is 12.8 Å². The molecule has 2 heterocycles. The predicted octanol–water partition coefficient (Wildman–Crippen LogP) is 3.77. The van der Waals surface area contributed by atoms with Gasteiger partial charge in [0.05, 0.1) is 11.4 Å². The van der Waals surface area contributed by atoms with Gasteiger partial charge in [-0.3, -0.25) is 9.59 Å². The Bertz CT molecular complexity index is 790. The molecule has 24 heavy (non-hydrogen) atoms. The third kappa shape index (κ3) is 3.23. The summed E-state index contributed by atoms with van der Waals surface area (Å²) in [5, 5.41) is 3.38. The molecule has 2 aromatic rings. The van der Waals surface area contributed by atoms with Crippen molar-refractivity contribution in [3.63, 3.8) is 0 Å². The zero-order chi connectivity index (χ0) is 17.3. The fourth-order valence-electron chi connectivity index (χ4n) is 2.84. The number of amides is 2. The summed E-state index contributed by atoms with van der Waals surface area (Å²) in [6.45, 7) is 4.56. The number of thiazole rings is 1. The Kier molecular flexibility index (Phi) is 5.01. The first kappa shape index (κ1) is 17.1. The topological polar surface area (TPSA) is 62.3 Å². The van der Waals surface area contributed by atoms with Gasteiger partial charge in [-0.05, 0) is 47.8 Å². The van der Waals surface area contributed by atoms with E-state index in [4.69, 9.17) is 0 Å². The Morgan fingerprint density at radius 1 is 1.46 bits per heavy atom. The molecule has 1 atom stereocenters. The van der Waals surface area contributed by atoms with Gasteiger partial charge in [-0.25, -0.2) is 4.98 Å². The summed E-state index contributed by atoms with van der Waals surface area (Å²) < 4.78 is 0.850. The molecule has 7 heteroatoms. The van der Waals surface area contributed by atoms with Gasteiger partial charge in [0.15, 0.2) is 5.13 Å². The summed E-state index contributed by atoms with van der Waals surface area (Å²) >= 11 is 4.91. The molecule has 1 aromatic carbocycles. The van der Waals surface area contributed by atoms with Crippen molar-refractivity contribution in [1.82, 2.24) is 4.98 Å². The van der Waals surface area contributed by atoms with Crippen LogP contribution in [0.4, 0.5) is 10.8 Å². The van der Waals surface area contributed by atoms with Crippen LogP contribution in [0.1, 0.15) is 23.9 Å². The monoisotopic (exact) mass is 407 g/mol. The smallest absolute Gasteiger partial charge is 0.239 e. The van der Waals surface area contributed by atoms with Crippen molar-refractivity contribution in [2.24, 2.45) is 5.92 Å². The van der Waals surface area contributed by atoms with E-state index in [9.17, 15) is 9.59 Å². The zero-order valence-electron chi connectivity index (χ0n) is 13.5. The molecule has 3 rings (SSSR count). The second kappa shape index (κ2) is 7.03. The first-order valence-corrected chi connectivity index (χ1v) is 9.45. The van der Waals surface area contributed by atoms with Gasteiger partial charge < -0.3 is 10.2 Å². The van der Waals surface area contributed by atoms with Crippen molar-refractivity contribution in [3.8, 4) is 0 Å². The van der Waals surface area contributed by atoms with Crippen LogP contribution in [0.3, 0.4) is 0 Å². The molecule has 1 aliphatic rings. The largest absolute Gasteiger partial charge is 0.311 e. The van der Waals surface area contributed by atoms with E-state index in [1.54, 1.807) is 4.90 Å². The molecule has 1 fully saturated rings. The second-order valence-corrected chi connectivity index (χ2v) is 7.70. The average molecular weight is 408 g/mol. The van der Waals surface area contributed by atoms with Crippen LogP contribution >= 0.6 is 27.3 Å². The maximum Gasteiger partial charge on any atom is 0.239 e. The van der Waals surface area contributed by atoms with Crippen LogP contribution < -0.4 is 10.2 Å². The minimum absolute atomic E-state index is 0.164. The summed E-state index contributed by atoms with van der Waals surface area (Å²) in [5.74, 6) is -1.10. The van der Waals surface area contributed by atoms with E-state index in [0.717, 1.165) is 27.2 Å². The molecule has 0 aliphatic carbocycles. The van der Waals surface area contributed by atoms with E-state index in [1.807, 2.05) is 38.1 Å². The summed E-state index contributed by atoms with van der Waals surface area (Å²) in [5.41, 5.74) is 1.79. The third-order valence-corrected chi connectivity index (χ3v) is 5.72. The number of para-hydroxylation sites is 1. The lowest BCUT2D eigenvalue weighted by molar-refractivity contribution is -0.129. The first-order valence-electron chi connectivity index (χ1n) is 7.84. The van der Waals surface area contributed by atoms with Crippen molar-refractivity contribution >= 4 is 49.9 Å². The number of hydrogen-bond acceptors (Lipinski definition) is 4. The molecule has 0 bridgehead atoms. The van der Waals surface area contributed by atoms with E-state index in [1.165, 1.54) is 11.3 Å². The van der Waals surface area contributed by atoms with Crippen molar-refractivity contribution in [2.75, 3.05) is 16.8 Å². The highest BCUT2D eigenvalue weighted by atomic mass is 79.9. The number of carbonyl (C=O) groups is 2. The number of anilines is 2. The molecule has 1 aromatic heterocycles. The van der Waals surface area contributed by atoms with Crippen LogP contribution in [0.5, 0.6) is 0 Å². The molecule has 0 spiro atoms. The number of aromatic nitrogens is 1. The molecular formula is C17H18BrN3O2S. The molecule has 5 nitrogen and oxygen atoms in total. The maximum atomic E-state index is 12.6. The normalized spacial score (nSPS) is 17.4. The van der Waals surface area contributed by atoms with Gasteiger partial charge in [0, 0.05) is 15.9 Å². The number of halogens is 1. The molecule has 1 saturated heterocycles. The Morgan fingerprint density at radius 2 is 2.21 bits per heavy atom. The van der Waals surface area contributed by atoms with Gasteiger partial charge >= 0.3 is 0 Å². The van der Waals surface area contributed by atoms with E-state index in [-0.39, 0.29) is 11.8 Å². The lowest BCUT2D eigenvalue weighted by atomic mass is 10.1. The van der Waals surface area contributed by atoms with Gasteiger partial charge in [0.1, 0.15) is 5.92 Å². The number of hydrogen-bond donors (Lipinski definition) is 1. The maximum absolute atomic E-state index is 12.6. The first-order chi connectivity index (χ1) is 11.5. The Morgan fingerprint density at radius 3 is 2.88 bits per heavy atom. The fourth-order valence-corrected chi connectivity index (χ4v) is 4.24. The Balaban J connectivity index is 1.72. The SMILES string of the molecule is CCc1nc(NC(=O)C2CCN(c3ccccc3Br)C2=O)sc1C. The van der Waals surface area contributed by atoms with Crippen molar-refractivity contribution in [2.45, 2.75) is 26.7 Å². The molecule has 1 unspecified atom stereocenters. The lowest BCUT2D eigenvalue weighted by Crippen LogP contribution is -2.33. The molecule has 126 valence electrons. The Hall–Kier alpha value is -1.73. The highest BCUT2D eigenvalue weighted by Gasteiger charge is 2.38. The number of aryl methyl sites for hydroxylation is 2. The number of carbonyl (C=O) groups excluding carboxylic acids is 2. The van der Waals surface area contributed by atoms with Crippen LogP contribution in [0.2, 0.25) is 0 Å². The van der Waals surface area contributed by atoms with Gasteiger partial charge in [-0.15, -0.1) is 11.3 Å². The molecule has 0 radical (unpaired) electrons. The molecule has 0 saturated carbocycles. The second-order valence-electron chi connectivity index (χ2n) is 5.65. The predicted molar refractivity (Wildman–Crippen MR) is 99.5 cm³/mol.